The first-order valence-corrected chi connectivity index (χ1v) is 9.43. The summed E-state index contributed by atoms with van der Waals surface area (Å²) < 4.78 is 23.5. The van der Waals surface area contributed by atoms with E-state index in [0.717, 1.165) is 10.0 Å². The highest BCUT2D eigenvalue weighted by Gasteiger charge is 2.12. The predicted octanol–water partition coefficient (Wildman–Crippen LogP) is 1.99. The monoisotopic (exact) mass is 402 g/mol. The van der Waals surface area contributed by atoms with Gasteiger partial charge in [-0.3, -0.25) is 20.4 Å². The quantitative estimate of drug-likeness (QED) is 0.767. The van der Waals surface area contributed by atoms with E-state index in [1.54, 1.807) is 12.1 Å². The van der Waals surface area contributed by atoms with Crippen molar-refractivity contribution in [2.24, 2.45) is 0 Å². The molecule has 1 aromatic heterocycles. The van der Waals surface area contributed by atoms with Crippen LogP contribution in [0.25, 0.3) is 0 Å². The Hall–Kier alpha value is -1.71. The summed E-state index contributed by atoms with van der Waals surface area (Å²) in [5.74, 6) is -0.971. The van der Waals surface area contributed by atoms with Gasteiger partial charge in [0.05, 0.1) is 13.6 Å². The van der Waals surface area contributed by atoms with Crippen molar-refractivity contribution in [1.82, 2.24) is 10.9 Å². The number of carbonyl (C=O) groups excluding carboxylic acids is 2. The molecule has 0 bridgehead atoms. The van der Waals surface area contributed by atoms with Gasteiger partial charge in [0.25, 0.3) is 11.8 Å². The van der Waals surface area contributed by atoms with Gasteiger partial charge < -0.3 is 0 Å². The van der Waals surface area contributed by atoms with E-state index in [4.69, 9.17) is 0 Å². The summed E-state index contributed by atoms with van der Waals surface area (Å²) in [5, 5.41) is 0. The number of sulfone groups is 1. The third-order valence-corrected chi connectivity index (χ3v) is 5.38. The minimum Gasteiger partial charge on any atom is -0.267 e. The van der Waals surface area contributed by atoms with Crippen LogP contribution in [0.5, 0.6) is 0 Å². The Bertz CT molecular complexity index is 813. The van der Waals surface area contributed by atoms with Crippen LogP contribution in [0.1, 0.15) is 20.0 Å². The van der Waals surface area contributed by atoms with Crippen molar-refractivity contribution >= 4 is 48.9 Å². The second kappa shape index (κ2) is 6.59. The molecule has 0 unspecified atom stereocenters. The average Bonchev–Trinajstić information content (AvgIpc) is 2.90. The molecule has 0 saturated heterocycles. The van der Waals surface area contributed by atoms with Crippen LogP contribution in [-0.2, 0) is 9.84 Å². The molecule has 0 aliphatic rings. The Kier molecular flexibility index (Phi) is 4.99. The normalized spacial score (nSPS) is 11.0. The van der Waals surface area contributed by atoms with Crippen LogP contribution in [0.2, 0.25) is 0 Å². The third kappa shape index (κ3) is 4.15. The zero-order valence-corrected chi connectivity index (χ0v) is 14.5. The highest BCUT2D eigenvalue weighted by atomic mass is 79.9. The van der Waals surface area contributed by atoms with Crippen LogP contribution < -0.4 is 10.9 Å². The number of hydrogen-bond donors (Lipinski definition) is 2. The summed E-state index contributed by atoms with van der Waals surface area (Å²) in [4.78, 5) is 24.2. The standard InChI is InChI=1S/C13H11BrN2O4S2/c1-22(19,20)9-4-2-8(3-5-9)12(17)15-16-13(18)10-6-7-11(14)21-10/h2-7H,1H3,(H,15,17)(H,16,18). The number of rotatable bonds is 3. The summed E-state index contributed by atoms with van der Waals surface area (Å²) in [5.41, 5.74) is 4.79. The highest BCUT2D eigenvalue weighted by molar-refractivity contribution is 9.11. The highest BCUT2D eigenvalue weighted by Crippen LogP contribution is 2.21. The molecule has 0 saturated carbocycles. The first-order valence-electron chi connectivity index (χ1n) is 5.93. The lowest BCUT2D eigenvalue weighted by molar-refractivity contribution is 0.0849. The van der Waals surface area contributed by atoms with Gasteiger partial charge in [0.2, 0.25) is 0 Å². The summed E-state index contributed by atoms with van der Waals surface area (Å²) in [6, 6.07) is 8.77. The van der Waals surface area contributed by atoms with Gasteiger partial charge in [0.15, 0.2) is 9.84 Å². The molecule has 2 N–H and O–H groups in total. The molecule has 6 nitrogen and oxygen atoms in total. The van der Waals surface area contributed by atoms with Crippen LogP contribution in [0.3, 0.4) is 0 Å². The zero-order valence-electron chi connectivity index (χ0n) is 11.3. The Morgan fingerprint density at radius 1 is 1.00 bits per heavy atom. The lowest BCUT2D eigenvalue weighted by Crippen LogP contribution is -2.41. The fourth-order valence-corrected chi connectivity index (χ4v) is 3.45. The number of nitrogens with one attached hydrogen (secondary N) is 2. The lowest BCUT2D eigenvalue weighted by atomic mass is 10.2. The van der Waals surface area contributed by atoms with Gasteiger partial charge in [0.1, 0.15) is 0 Å². The van der Waals surface area contributed by atoms with E-state index in [1.165, 1.54) is 35.6 Å². The zero-order chi connectivity index (χ0) is 16.3. The SMILES string of the molecule is CS(=O)(=O)c1ccc(C(=O)NNC(=O)c2ccc(Br)s2)cc1. The van der Waals surface area contributed by atoms with Gasteiger partial charge in [-0.25, -0.2) is 8.42 Å². The molecule has 1 aromatic carbocycles. The molecule has 0 fully saturated rings. The van der Waals surface area contributed by atoms with E-state index in [0.29, 0.717) is 4.88 Å². The van der Waals surface area contributed by atoms with E-state index in [2.05, 4.69) is 26.8 Å². The summed E-state index contributed by atoms with van der Waals surface area (Å²) in [6.07, 6.45) is 1.08. The van der Waals surface area contributed by atoms with E-state index in [-0.39, 0.29) is 10.5 Å². The molecular formula is C13H11BrN2O4S2. The van der Waals surface area contributed by atoms with E-state index >= 15 is 0 Å². The average molecular weight is 403 g/mol. The Morgan fingerprint density at radius 2 is 1.59 bits per heavy atom. The van der Waals surface area contributed by atoms with Crippen LogP contribution in [0.15, 0.2) is 45.1 Å². The van der Waals surface area contributed by atoms with Gasteiger partial charge in [-0.1, -0.05) is 0 Å². The topological polar surface area (TPSA) is 92.3 Å². The molecule has 2 aromatic rings. The molecular weight excluding hydrogens is 392 g/mol. The van der Waals surface area contributed by atoms with Gasteiger partial charge in [-0.2, -0.15) is 0 Å². The van der Waals surface area contributed by atoms with Crippen molar-refractivity contribution in [3.8, 4) is 0 Å². The molecule has 2 rings (SSSR count). The van der Waals surface area contributed by atoms with Crippen molar-refractivity contribution in [3.63, 3.8) is 0 Å². The molecule has 22 heavy (non-hydrogen) atoms. The fraction of sp³-hybridized carbons (Fsp3) is 0.0769. The van der Waals surface area contributed by atoms with Crippen molar-refractivity contribution in [3.05, 3.63) is 50.6 Å². The van der Waals surface area contributed by atoms with Crippen molar-refractivity contribution in [2.45, 2.75) is 4.90 Å². The van der Waals surface area contributed by atoms with Crippen molar-refractivity contribution < 1.29 is 18.0 Å². The Balaban J connectivity index is 1.99. The van der Waals surface area contributed by atoms with Gasteiger partial charge in [-0.05, 0) is 52.3 Å². The lowest BCUT2D eigenvalue weighted by Gasteiger charge is -2.06. The summed E-state index contributed by atoms with van der Waals surface area (Å²) >= 11 is 4.48. The Labute approximate surface area is 139 Å². The second-order valence-electron chi connectivity index (χ2n) is 4.31. The first kappa shape index (κ1) is 16.7. The molecule has 1 heterocycles. The van der Waals surface area contributed by atoms with E-state index in [1.807, 2.05) is 0 Å². The smallest absolute Gasteiger partial charge is 0.267 e. The maximum atomic E-state index is 11.9. The van der Waals surface area contributed by atoms with Gasteiger partial charge >= 0.3 is 0 Å². The van der Waals surface area contributed by atoms with Gasteiger partial charge in [-0.15, -0.1) is 11.3 Å². The fourth-order valence-electron chi connectivity index (χ4n) is 1.54. The number of halogens is 1. The van der Waals surface area contributed by atoms with Crippen LogP contribution in [0, 0.1) is 0 Å². The number of hydrazine groups is 1. The number of benzene rings is 1. The molecule has 9 heteroatoms. The number of hydrogen-bond acceptors (Lipinski definition) is 5. The molecule has 0 radical (unpaired) electrons. The summed E-state index contributed by atoms with van der Waals surface area (Å²) in [6.45, 7) is 0. The maximum absolute atomic E-state index is 11.9. The largest absolute Gasteiger partial charge is 0.279 e. The summed E-state index contributed by atoms with van der Waals surface area (Å²) in [7, 11) is -3.31. The number of amides is 2. The van der Waals surface area contributed by atoms with Crippen molar-refractivity contribution in [2.75, 3.05) is 6.26 Å². The molecule has 0 aliphatic carbocycles. The van der Waals surface area contributed by atoms with Crippen LogP contribution in [0.4, 0.5) is 0 Å². The van der Waals surface area contributed by atoms with E-state index < -0.39 is 21.7 Å². The predicted molar refractivity (Wildman–Crippen MR) is 86.5 cm³/mol. The third-order valence-electron chi connectivity index (χ3n) is 2.63. The van der Waals surface area contributed by atoms with Crippen LogP contribution >= 0.6 is 27.3 Å². The maximum Gasteiger partial charge on any atom is 0.279 e. The number of carbonyl (C=O) groups is 2. The molecule has 116 valence electrons. The van der Waals surface area contributed by atoms with Crippen LogP contribution in [-0.4, -0.2) is 26.5 Å². The van der Waals surface area contributed by atoms with E-state index in [9.17, 15) is 18.0 Å². The Morgan fingerprint density at radius 3 is 2.09 bits per heavy atom. The first-order chi connectivity index (χ1) is 10.3. The number of thiophene rings is 1. The molecule has 0 aliphatic heterocycles. The molecule has 0 spiro atoms. The minimum atomic E-state index is -3.31. The molecule has 2 amide bonds. The second-order valence-corrected chi connectivity index (χ2v) is 8.79. The minimum absolute atomic E-state index is 0.122. The van der Waals surface area contributed by atoms with Crippen molar-refractivity contribution in [1.29, 1.82) is 0 Å². The molecule has 0 atom stereocenters. The van der Waals surface area contributed by atoms with Gasteiger partial charge in [0, 0.05) is 11.8 Å².